The molecule has 4 aliphatic rings. The molecule has 1 aromatic carbocycles. The van der Waals surface area contributed by atoms with Crippen LogP contribution in [0.5, 0.6) is 0 Å². The van der Waals surface area contributed by atoms with Crippen LogP contribution in [-0.2, 0) is 47.2 Å². The number of hydrogen-bond donors (Lipinski definition) is 3. The van der Waals surface area contributed by atoms with Gasteiger partial charge in [0.05, 0.1) is 19.6 Å². The van der Waals surface area contributed by atoms with Crippen molar-refractivity contribution in [2.45, 2.75) is 108 Å². The monoisotopic (exact) mass is 784 g/mol. The van der Waals surface area contributed by atoms with Gasteiger partial charge in [-0.2, -0.15) is 12.7 Å². The van der Waals surface area contributed by atoms with Gasteiger partial charge in [0.2, 0.25) is 11.8 Å². The Morgan fingerprint density at radius 1 is 1.04 bits per heavy atom. The van der Waals surface area contributed by atoms with E-state index in [0.717, 1.165) is 10.7 Å². The number of alkyl carbamates (subject to hydrolysis) is 1. The summed E-state index contributed by atoms with van der Waals surface area (Å²) in [4.78, 5) is 71.1. The molecule has 1 aliphatic carbocycles. The zero-order valence-electron chi connectivity index (χ0n) is 29.9. The topological polar surface area (TPSA) is 184 Å². The van der Waals surface area contributed by atoms with Crippen molar-refractivity contribution in [3.63, 3.8) is 0 Å². The lowest BCUT2D eigenvalue weighted by Crippen LogP contribution is -2.58. The van der Waals surface area contributed by atoms with E-state index in [4.69, 9.17) is 32.7 Å². The second kappa shape index (κ2) is 15.4. The van der Waals surface area contributed by atoms with Crippen LogP contribution in [0.2, 0.25) is 10.0 Å². The van der Waals surface area contributed by atoms with E-state index in [1.54, 1.807) is 39.0 Å². The Morgan fingerprint density at radius 2 is 1.69 bits per heavy atom. The van der Waals surface area contributed by atoms with E-state index in [1.807, 2.05) is 10.8 Å². The number of hydrogen-bond acceptors (Lipinski definition) is 9. The molecule has 0 spiro atoms. The lowest BCUT2D eigenvalue weighted by Gasteiger charge is -2.30. The summed E-state index contributed by atoms with van der Waals surface area (Å²) >= 11 is 12.7. The normalized spacial score (nSPS) is 27.3. The fraction of sp³-hybridized carbons (Fsp3) is 0.618. The molecule has 52 heavy (non-hydrogen) atoms. The minimum Gasteiger partial charge on any atom is -0.444 e. The molecule has 5 amide bonds. The molecule has 15 nitrogen and oxygen atoms in total. The third-order valence-corrected chi connectivity index (χ3v) is 11.7. The van der Waals surface area contributed by atoms with Crippen LogP contribution in [0.15, 0.2) is 24.3 Å². The van der Waals surface area contributed by atoms with Crippen LogP contribution in [0.25, 0.3) is 0 Å². The molecule has 3 N–H and O–H groups in total. The Labute approximate surface area is 313 Å². The molecule has 18 heteroatoms. The van der Waals surface area contributed by atoms with Gasteiger partial charge in [0.15, 0.2) is 0 Å². The predicted octanol–water partition coefficient (Wildman–Crippen LogP) is 3.63. The number of amides is 5. The van der Waals surface area contributed by atoms with Crippen LogP contribution in [0.3, 0.4) is 0 Å². The molecule has 5 rings (SSSR count). The van der Waals surface area contributed by atoms with E-state index < -0.39 is 75.4 Å². The van der Waals surface area contributed by atoms with Gasteiger partial charge in [-0.15, -0.1) is 0 Å². The number of nitrogens with zero attached hydrogens (tertiary/aromatic N) is 3. The number of fused-ring (bicyclic) bond motifs is 3. The van der Waals surface area contributed by atoms with Gasteiger partial charge in [-0.3, -0.25) is 19.3 Å². The van der Waals surface area contributed by atoms with E-state index >= 15 is 0 Å². The van der Waals surface area contributed by atoms with Crippen molar-refractivity contribution in [1.29, 1.82) is 0 Å². The van der Waals surface area contributed by atoms with Gasteiger partial charge in [-0.05, 0) is 69.7 Å². The van der Waals surface area contributed by atoms with Crippen molar-refractivity contribution >= 4 is 63.3 Å². The first-order valence-corrected chi connectivity index (χ1v) is 19.5. The maximum Gasteiger partial charge on any atom is 0.410 e. The van der Waals surface area contributed by atoms with Crippen LogP contribution >= 0.6 is 23.2 Å². The maximum absolute atomic E-state index is 14.3. The van der Waals surface area contributed by atoms with E-state index in [1.165, 1.54) is 23.9 Å². The summed E-state index contributed by atoms with van der Waals surface area (Å²) in [6.45, 7) is 5.20. The van der Waals surface area contributed by atoms with E-state index in [2.05, 4.69) is 10.6 Å². The molecule has 286 valence electrons. The number of benzene rings is 1. The molecule has 3 aliphatic heterocycles. The van der Waals surface area contributed by atoms with Gasteiger partial charge < -0.3 is 25.0 Å². The molecule has 5 atom stereocenters. The SMILES string of the molecule is CN(C)S(=O)(=O)NC(=O)[C@@]12C[C@H]1/C=C\CCCCC[C@H](NC(=O)OC(C)(C)C)C(=O)N1C[C@H](OC(=O)N3Cc4c(Cl)ccc(Cl)c4C3)C[C@H]1C(=O)N2. The lowest BCUT2D eigenvalue weighted by molar-refractivity contribution is -0.141. The quantitative estimate of drug-likeness (QED) is 0.376. The largest absolute Gasteiger partial charge is 0.444 e. The molecule has 1 saturated heterocycles. The molecule has 3 heterocycles. The molecule has 2 fully saturated rings. The van der Waals surface area contributed by atoms with Crippen LogP contribution in [0.1, 0.15) is 76.8 Å². The Morgan fingerprint density at radius 3 is 2.31 bits per heavy atom. The summed E-state index contributed by atoms with van der Waals surface area (Å²) in [5.41, 5.74) is -1.05. The maximum atomic E-state index is 14.3. The number of allylic oxidation sites excluding steroid dienone is 1. The predicted molar refractivity (Wildman–Crippen MR) is 191 cm³/mol. The number of rotatable bonds is 5. The van der Waals surface area contributed by atoms with Gasteiger partial charge in [0, 0.05) is 36.5 Å². The molecule has 1 saturated carbocycles. The first-order chi connectivity index (χ1) is 24.3. The summed E-state index contributed by atoms with van der Waals surface area (Å²) in [6.07, 6.45) is 4.17. The molecular formula is C34H46Cl2N6O9S. The zero-order chi connectivity index (χ0) is 38.2. The molecule has 1 aromatic rings. The third-order valence-electron chi connectivity index (χ3n) is 9.58. The Hall–Kier alpha value is -3.60. The van der Waals surface area contributed by atoms with E-state index in [-0.39, 0.29) is 38.9 Å². The summed E-state index contributed by atoms with van der Waals surface area (Å²) in [6, 6.07) is 0.983. The summed E-state index contributed by atoms with van der Waals surface area (Å²) in [5.74, 6) is -2.75. The van der Waals surface area contributed by atoms with E-state index in [0.29, 0.717) is 40.4 Å². The van der Waals surface area contributed by atoms with Gasteiger partial charge in [-0.1, -0.05) is 48.2 Å². The van der Waals surface area contributed by atoms with Crippen molar-refractivity contribution in [2.24, 2.45) is 5.92 Å². The van der Waals surface area contributed by atoms with Gasteiger partial charge in [-0.25, -0.2) is 14.3 Å². The average molecular weight is 786 g/mol. The second-order valence-corrected chi connectivity index (χ2v) is 17.5. The highest BCUT2D eigenvalue weighted by Gasteiger charge is 2.62. The Balaban J connectivity index is 1.42. The average Bonchev–Trinajstić information content (AvgIpc) is 3.35. The second-order valence-electron chi connectivity index (χ2n) is 14.8. The number of ether oxygens (including phenoxy) is 2. The first kappa shape index (κ1) is 39.6. The fourth-order valence-electron chi connectivity index (χ4n) is 6.68. The van der Waals surface area contributed by atoms with Crippen LogP contribution < -0.4 is 15.4 Å². The zero-order valence-corrected chi connectivity index (χ0v) is 32.2. The smallest absolute Gasteiger partial charge is 0.410 e. The van der Waals surface area contributed by atoms with Gasteiger partial charge >= 0.3 is 22.4 Å². The number of carbonyl (C=O) groups excluding carboxylic acids is 5. The molecular weight excluding hydrogens is 739 g/mol. The summed E-state index contributed by atoms with van der Waals surface area (Å²) in [7, 11) is -1.66. The van der Waals surface area contributed by atoms with Crippen molar-refractivity contribution in [3.8, 4) is 0 Å². The number of carbonyl (C=O) groups is 5. The van der Waals surface area contributed by atoms with Crippen LogP contribution in [0, 0.1) is 5.92 Å². The summed E-state index contributed by atoms with van der Waals surface area (Å²) < 4.78 is 39.4. The molecule has 0 aromatic heterocycles. The Bertz CT molecular complexity index is 1720. The summed E-state index contributed by atoms with van der Waals surface area (Å²) in [5, 5.41) is 6.34. The minimum atomic E-state index is -4.19. The van der Waals surface area contributed by atoms with Gasteiger partial charge in [0.25, 0.3) is 5.91 Å². The number of halogens is 2. The van der Waals surface area contributed by atoms with Crippen molar-refractivity contribution in [3.05, 3.63) is 45.5 Å². The van der Waals surface area contributed by atoms with Crippen molar-refractivity contribution in [2.75, 3.05) is 20.6 Å². The standard InChI is InChI=1S/C34H46Cl2N6O9S/c1-33(2,3)51-31(46)37-26-12-10-8-6-7-9-11-20-16-34(20,30(45)39-52(48,49)40(4)5)38-28(43)27-15-21(17-42(27)29(26)44)50-32(47)41-18-22-23(19-41)25(36)14-13-24(22)35/h9,11,13-14,20-21,26-27H,6-8,10,12,15-19H2,1-5H3,(H,37,46)(H,38,43)(H,39,45)/b11-9-/t20-,21-,26+,27+,34-/m1/s1. The van der Waals surface area contributed by atoms with Crippen molar-refractivity contribution < 1.29 is 41.9 Å². The highest BCUT2D eigenvalue weighted by Crippen LogP contribution is 2.46. The van der Waals surface area contributed by atoms with E-state index in [9.17, 15) is 32.4 Å². The minimum absolute atomic E-state index is 0.126. The molecule has 0 radical (unpaired) electrons. The first-order valence-electron chi connectivity index (χ1n) is 17.3. The molecule has 0 bridgehead atoms. The third kappa shape index (κ3) is 8.95. The fourth-order valence-corrected chi connectivity index (χ4v) is 7.75. The lowest BCUT2D eigenvalue weighted by atomic mass is 10.0. The van der Waals surface area contributed by atoms with Crippen LogP contribution in [0.4, 0.5) is 9.59 Å². The molecule has 0 unspecified atom stereocenters. The van der Waals surface area contributed by atoms with Crippen LogP contribution in [-0.4, -0.2) is 102 Å². The highest BCUT2D eigenvalue weighted by atomic mass is 35.5. The Kier molecular flexibility index (Phi) is 11.7. The number of nitrogens with one attached hydrogen (secondary N) is 3. The highest BCUT2D eigenvalue weighted by molar-refractivity contribution is 7.87. The van der Waals surface area contributed by atoms with Gasteiger partial charge in [0.1, 0.15) is 29.3 Å². The van der Waals surface area contributed by atoms with Crippen molar-refractivity contribution in [1.82, 2.24) is 29.5 Å².